The summed E-state index contributed by atoms with van der Waals surface area (Å²) in [5, 5.41) is 4.33. The van der Waals surface area contributed by atoms with Crippen molar-refractivity contribution in [3.8, 4) is 0 Å². The molecule has 0 aliphatic carbocycles. The first kappa shape index (κ1) is 13.4. The number of carbonyl (C=O) groups excluding carboxylic acids is 1. The summed E-state index contributed by atoms with van der Waals surface area (Å²) in [6, 6.07) is 0.165. The van der Waals surface area contributed by atoms with Crippen molar-refractivity contribution in [1.29, 1.82) is 0 Å². The molecule has 0 N–H and O–H groups in total. The normalized spacial score (nSPS) is 22.2. The number of nitrogens with zero attached hydrogens (tertiary/aromatic N) is 4. The Kier molecular flexibility index (Phi) is 3.65. The number of fused-ring (bicyclic) bond motifs is 1. The van der Waals surface area contributed by atoms with Crippen molar-refractivity contribution in [2.75, 3.05) is 33.4 Å². The maximum atomic E-state index is 12.6. The van der Waals surface area contributed by atoms with Gasteiger partial charge in [0, 0.05) is 45.3 Å². The molecule has 0 aromatic carbocycles. The van der Waals surface area contributed by atoms with Crippen LogP contribution in [0.15, 0.2) is 6.20 Å². The summed E-state index contributed by atoms with van der Waals surface area (Å²) in [4.78, 5) is 16.5. The van der Waals surface area contributed by atoms with Gasteiger partial charge >= 0.3 is 6.03 Å². The van der Waals surface area contributed by atoms with E-state index in [0.717, 1.165) is 38.0 Å². The van der Waals surface area contributed by atoms with Crippen LogP contribution in [-0.2, 0) is 18.3 Å². The first-order chi connectivity index (χ1) is 9.70. The fourth-order valence-electron chi connectivity index (χ4n) is 3.35. The van der Waals surface area contributed by atoms with Crippen molar-refractivity contribution in [2.24, 2.45) is 7.05 Å². The minimum absolute atomic E-state index is 0.165. The Morgan fingerprint density at radius 2 is 2.15 bits per heavy atom. The number of rotatable bonds is 2. The Morgan fingerprint density at radius 1 is 1.40 bits per heavy atom. The monoisotopic (exact) mass is 278 g/mol. The molecule has 1 atom stereocenters. The molecule has 20 heavy (non-hydrogen) atoms. The average molecular weight is 278 g/mol. The smallest absolute Gasteiger partial charge is 0.320 e. The number of hydrogen-bond donors (Lipinski definition) is 0. The molecular formula is C14H22N4O2. The SMILES string of the molecule is COCC1CN(C(=O)N2CCCC2)Cc2cnn(C)c21. The third-order valence-electron chi connectivity index (χ3n) is 4.27. The van der Waals surface area contributed by atoms with Gasteiger partial charge in [0.15, 0.2) is 0 Å². The summed E-state index contributed by atoms with van der Waals surface area (Å²) >= 11 is 0. The molecule has 0 spiro atoms. The average Bonchev–Trinajstić information content (AvgIpc) is 3.08. The number of ether oxygens (including phenoxy) is 1. The van der Waals surface area contributed by atoms with E-state index in [9.17, 15) is 4.79 Å². The van der Waals surface area contributed by atoms with Gasteiger partial charge in [-0.05, 0) is 12.8 Å². The molecule has 6 nitrogen and oxygen atoms in total. The topological polar surface area (TPSA) is 50.6 Å². The Balaban J connectivity index is 1.80. The molecule has 2 aliphatic rings. The van der Waals surface area contributed by atoms with Crippen LogP contribution in [0.1, 0.15) is 30.0 Å². The minimum Gasteiger partial charge on any atom is -0.384 e. The second kappa shape index (κ2) is 5.44. The molecule has 1 unspecified atom stereocenters. The molecule has 0 radical (unpaired) electrons. The van der Waals surface area contributed by atoms with Crippen LogP contribution in [0.3, 0.4) is 0 Å². The minimum atomic E-state index is 0.165. The van der Waals surface area contributed by atoms with Gasteiger partial charge in [-0.1, -0.05) is 0 Å². The summed E-state index contributed by atoms with van der Waals surface area (Å²) in [6.07, 6.45) is 4.12. The molecule has 1 fully saturated rings. The summed E-state index contributed by atoms with van der Waals surface area (Å²) in [7, 11) is 3.66. The number of aryl methyl sites for hydroxylation is 1. The van der Waals surface area contributed by atoms with Crippen molar-refractivity contribution >= 4 is 6.03 Å². The fraction of sp³-hybridized carbons (Fsp3) is 0.714. The van der Waals surface area contributed by atoms with Crippen molar-refractivity contribution in [3.63, 3.8) is 0 Å². The van der Waals surface area contributed by atoms with Gasteiger partial charge < -0.3 is 14.5 Å². The van der Waals surface area contributed by atoms with E-state index >= 15 is 0 Å². The standard InChI is InChI=1S/C14H22N4O2/c1-16-13-11(7-15-16)8-18(9-12(13)10-20-2)14(19)17-5-3-4-6-17/h7,12H,3-6,8-10H2,1-2H3. The van der Waals surface area contributed by atoms with E-state index in [1.54, 1.807) is 7.11 Å². The van der Waals surface area contributed by atoms with Gasteiger partial charge in [-0.15, -0.1) is 0 Å². The van der Waals surface area contributed by atoms with Crippen molar-refractivity contribution in [2.45, 2.75) is 25.3 Å². The molecule has 0 saturated carbocycles. The van der Waals surface area contributed by atoms with Crippen LogP contribution in [0.5, 0.6) is 0 Å². The summed E-state index contributed by atoms with van der Waals surface area (Å²) < 4.78 is 7.24. The molecule has 0 bridgehead atoms. The Morgan fingerprint density at radius 3 is 2.85 bits per heavy atom. The lowest BCUT2D eigenvalue weighted by atomic mass is 9.97. The van der Waals surface area contributed by atoms with Gasteiger partial charge in [-0.3, -0.25) is 4.68 Å². The Bertz CT molecular complexity index is 493. The van der Waals surface area contributed by atoms with E-state index in [1.165, 1.54) is 5.69 Å². The highest BCUT2D eigenvalue weighted by Crippen LogP contribution is 2.29. The van der Waals surface area contributed by atoms with E-state index in [1.807, 2.05) is 27.7 Å². The number of carbonyl (C=O) groups is 1. The second-order valence-corrected chi connectivity index (χ2v) is 5.69. The quantitative estimate of drug-likeness (QED) is 0.816. The van der Waals surface area contributed by atoms with E-state index in [0.29, 0.717) is 13.2 Å². The number of amides is 2. The Hall–Kier alpha value is -1.56. The van der Waals surface area contributed by atoms with Gasteiger partial charge in [0.2, 0.25) is 0 Å². The second-order valence-electron chi connectivity index (χ2n) is 5.69. The molecule has 3 heterocycles. The van der Waals surface area contributed by atoms with E-state index < -0.39 is 0 Å². The van der Waals surface area contributed by atoms with Gasteiger partial charge in [-0.25, -0.2) is 4.79 Å². The number of urea groups is 1. The highest BCUT2D eigenvalue weighted by Gasteiger charge is 2.33. The van der Waals surface area contributed by atoms with Crippen LogP contribution >= 0.6 is 0 Å². The first-order valence-electron chi connectivity index (χ1n) is 7.24. The van der Waals surface area contributed by atoms with Crippen molar-refractivity contribution < 1.29 is 9.53 Å². The molecule has 6 heteroatoms. The zero-order valence-electron chi connectivity index (χ0n) is 12.2. The first-order valence-corrected chi connectivity index (χ1v) is 7.24. The third-order valence-corrected chi connectivity index (χ3v) is 4.27. The third kappa shape index (κ3) is 2.28. The highest BCUT2D eigenvalue weighted by molar-refractivity contribution is 5.75. The predicted octanol–water partition coefficient (Wildman–Crippen LogP) is 1.18. The van der Waals surface area contributed by atoms with Gasteiger partial charge in [0.05, 0.1) is 25.0 Å². The van der Waals surface area contributed by atoms with Crippen LogP contribution in [0.4, 0.5) is 4.79 Å². The van der Waals surface area contributed by atoms with Gasteiger partial charge in [0.1, 0.15) is 0 Å². The lowest BCUT2D eigenvalue weighted by Crippen LogP contribution is -2.46. The van der Waals surface area contributed by atoms with Crippen LogP contribution in [0.2, 0.25) is 0 Å². The largest absolute Gasteiger partial charge is 0.384 e. The van der Waals surface area contributed by atoms with E-state index in [4.69, 9.17) is 4.74 Å². The zero-order chi connectivity index (χ0) is 14.1. The fourth-order valence-corrected chi connectivity index (χ4v) is 3.35. The maximum absolute atomic E-state index is 12.6. The lowest BCUT2D eigenvalue weighted by Gasteiger charge is -2.35. The molecule has 1 aromatic rings. The predicted molar refractivity (Wildman–Crippen MR) is 74.4 cm³/mol. The van der Waals surface area contributed by atoms with E-state index in [2.05, 4.69) is 5.10 Å². The summed E-state index contributed by atoms with van der Waals surface area (Å²) in [6.45, 7) is 3.79. The van der Waals surface area contributed by atoms with Crippen molar-refractivity contribution in [1.82, 2.24) is 19.6 Å². The summed E-state index contributed by atoms with van der Waals surface area (Å²) in [5.41, 5.74) is 2.35. The lowest BCUT2D eigenvalue weighted by molar-refractivity contribution is 0.124. The maximum Gasteiger partial charge on any atom is 0.320 e. The van der Waals surface area contributed by atoms with Crippen LogP contribution in [0, 0.1) is 0 Å². The number of hydrogen-bond acceptors (Lipinski definition) is 3. The number of aromatic nitrogens is 2. The zero-order valence-corrected chi connectivity index (χ0v) is 12.2. The number of likely N-dealkylation sites (tertiary alicyclic amines) is 1. The van der Waals surface area contributed by atoms with E-state index in [-0.39, 0.29) is 11.9 Å². The molecule has 3 rings (SSSR count). The Labute approximate surface area is 119 Å². The molecule has 2 aliphatic heterocycles. The van der Waals surface area contributed by atoms with Gasteiger partial charge in [-0.2, -0.15) is 5.10 Å². The van der Waals surface area contributed by atoms with Crippen LogP contribution < -0.4 is 0 Å². The molecule has 1 aromatic heterocycles. The summed E-state index contributed by atoms with van der Waals surface area (Å²) in [5.74, 6) is 0.211. The van der Waals surface area contributed by atoms with Gasteiger partial charge in [0.25, 0.3) is 0 Å². The highest BCUT2D eigenvalue weighted by atomic mass is 16.5. The molecule has 1 saturated heterocycles. The number of methoxy groups -OCH3 is 1. The molecule has 2 amide bonds. The van der Waals surface area contributed by atoms with Crippen molar-refractivity contribution in [3.05, 3.63) is 17.5 Å². The molecular weight excluding hydrogens is 256 g/mol. The molecule has 110 valence electrons. The van der Waals surface area contributed by atoms with Crippen LogP contribution in [-0.4, -0.2) is 59.0 Å². The van der Waals surface area contributed by atoms with Crippen LogP contribution in [0.25, 0.3) is 0 Å².